The highest BCUT2D eigenvalue weighted by Gasteiger charge is 2.64. The maximum atomic E-state index is 14.1. The van der Waals surface area contributed by atoms with Gasteiger partial charge in [0.1, 0.15) is 128 Å². The number of rotatable bonds is 62. The molecule has 0 saturated carbocycles. The van der Waals surface area contributed by atoms with Crippen LogP contribution in [0, 0.1) is 5.92 Å². The highest BCUT2D eigenvalue weighted by molar-refractivity contribution is 5.78. The van der Waals surface area contributed by atoms with E-state index in [1.165, 1.54) is 115 Å². The van der Waals surface area contributed by atoms with E-state index in [0.29, 0.717) is 12.8 Å². The van der Waals surface area contributed by atoms with Gasteiger partial charge >= 0.3 is 11.9 Å². The number of hydrogen-bond acceptors (Lipinski definition) is 37. The maximum Gasteiger partial charge on any atom is 0.364 e. The van der Waals surface area contributed by atoms with Crippen molar-refractivity contribution in [3.63, 3.8) is 0 Å². The number of Topliss-reactive ketones (excluding diaryl/α,β-unsaturated/α-hetero) is 1. The molecule has 0 aromatic carbocycles. The molecule has 6 aliphatic heterocycles. The Kier molecular flexibility index (Phi) is 51.1. The molecule has 42 heteroatoms. The van der Waals surface area contributed by atoms with Gasteiger partial charge in [-0.3, -0.25) is 14.4 Å². The summed E-state index contributed by atoms with van der Waals surface area (Å²) in [6, 6.07) is -4.77. The Morgan fingerprint density at radius 1 is 0.426 bits per heavy atom. The van der Waals surface area contributed by atoms with Gasteiger partial charge in [-0.05, 0) is 26.2 Å². The van der Waals surface area contributed by atoms with E-state index in [1.807, 2.05) is 0 Å². The minimum Gasteiger partial charge on any atom is -0.477 e. The summed E-state index contributed by atoms with van der Waals surface area (Å²) in [7, 11) is 0. The fraction of sp³-hybridized carbons (Fsp3) is 0.908. The Balaban J connectivity index is 1.29. The first-order chi connectivity index (χ1) is 61.6. The lowest BCUT2D eigenvalue weighted by Gasteiger charge is -2.53. The summed E-state index contributed by atoms with van der Waals surface area (Å²) < 4.78 is 72.8. The average molecular weight is 1870 g/mol. The summed E-state index contributed by atoms with van der Waals surface area (Å²) in [5, 5.41) is 245. The Bertz CT molecular complexity index is 3230. The second kappa shape index (κ2) is 58.2. The second-order valence-electron chi connectivity index (χ2n) is 35.3. The first-order valence-electron chi connectivity index (χ1n) is 46.4. The lowest BCUT2D eigenvalue weighted by molar-refractivity contribution is -0.408. The van der Waals surface area contributed by atoms with Crippen LogP contribution >= 0.6 is 0 Å². The molecule has 0 spiro atoms. The number of carboxylic acids is 2. The van der Waals surface area contributed by atoms with E-state index in [9.17, 15) is 136 Å². The zero-order valence-corrected chi connectivity index (χ0v) is 75.2. The van der Waals surface area contributed by atoms with Crippen LogP contribution in [0.4, 0.5) is 0 Å². The van der Waals surface area contributed by atoms with Crippen LogP contribution in [-0.2, 0) is 85.6 Å². The fourth-order valence-corrected chi connectivity index (χ4v) is 17.5. The van der Waals surface area contributed by atoms with E-state index in [-0.39, 0.29) is 6.42 Å². The summed E-state index contributed by atoms with van der Waals surface area (Å²) in [5.41, 5.74) is 0. The molecule has 6 heterocycles. The van der Waals surface area contributed by atoms with Crippen LogP contribution in [0.2, 0.25) is 0 Å². The molecule has 3 amide bonds. The number of allylic oxidation sites excluding steroid dienone is 1. The highest BCUT2D eigenvalue weighted by atomic mass is 16.8. The largest absolute Gasteiger partial charge is 0.477 e. The molecule has 24 N–H and O–H groups in total. The van der Waals surface area contributed by atoms with Crippen molar-refractivity contribution in [1.29, 1.82) is 0 Å². The normalized spacial score (nSPS) is 34.8. The third-order valence-electron chi connectivity index (χ3n) is 24.9. The zero-order valence-electron chi connectivity index (χ0n) is 75.2. The number of hydrogen-bond donors (Lipinski definition) is 24. The molecular formula is C87H153N3O39. The van der Waals surface area contributed by atoms with E-state index < -0.39 is 308 Å². The number of carboxylic acid groups (broad SMARTS) is 2. The average Bonchev–Trinajstić information content (AvgIpc) is 0.720. The van der Waals surface area contributed by atoms with Crippen LogP contribution < -0.4 is 16.0 Å². The van der Waals surface area contributed by atoms with E-state index in [4.69, 9.17) is 56.8 Å². The predicted octanol–water partition coefficient (Wildman–Crippen LogP) is -2.00. The van der Waals surface area contributed by atoms with Crippen LogP contribution in [0.1, 0.15) is 247 Å². The number of aliphatic hydroxyl groups excluding tert-OH is 19. The molecule has 42 nitrogen and oxygen atoms in total. The summed E-state index contributed by atoms with van der Waals surface area (Å²) in [5.74, 6) is -16.1. The minimum absolute atomic E-state index is 0.0983. The van der Waals surface area contributed by atoms with Crippen molar-refractivity contribution in [2.24, 2.45) is 5.92 Å². The number of amides is 3. The van der Waals surface area contributed by atoms with Crippen LogP contribution in [0.15, 0.2) is 12.2 Å². The second-order valence-corrected chi connectivity index (χ2v) is 35.3. The van der Waals surface area contributed by atoms with E-state index in [2.05, 4.69) is 29.8 Å². The van der Waals surface area contributed by atoms with Gasteiger partial charge in [0.05, 0.1) is 88.8 Å². The van der Waals surface area contributed by atoms with Crippen molar-refractivity contribution in [1.82, 2.24) is 16.0 Å². The van der Waals surface area contributed by atoms with Crippen LogP contribution in [0.25, 0.3) is 0 Å². The number of ketones is 1. The molecule has 750 valence electrons. The molecule has 6 saturated heterocycles. The number of carbonyl (C=O) groups is 6. The van der Waals surface area contributed by atoms with E-state index in [0.717, 1.165) is 85.0 Å². The van der Waals surface area contributed by atoms with Gasteiger partial charge in [-0.25, -0.2) is 9.59 Å². The standard InChI is InChI=1S/C87H153N3O39/c1-6-8-10-12-14-16-18-20-21-22-23-25-27-29-31-33-35-37-62(105)90-52(53(100)36-34-32-30-28-26-24-19-17-15-13-11-9-7-2)47-118-81-70(111)69(110)74(60(45-95)121-81)124-83-72(113)79(129-87(85(116)117)40-55(102)64(89-50(5)99)77(127-87)66(107)57(104)42-92)75(61(46-96)122-83)125-80-51(38-48(3)97)73(67(108)58(43-93)119-80)123-82-71(112)78(68(109)59(44-94)120-82)128-86(84(114)115)39-54(101)63(88-49(4)98)76(126-86)65(106)56(103)41-91/h34,36,51-61,63-83,91-96,100-104,106-113H,6-33,35,37-47H2,1-5H3,(H,88,98)(H,89,99)(H,90,105)(H,114,115)(H,116,117). The van der Waals surface area contributed by atoms with Crippen molar-refractivity contribution in [2.45, 2.75) is 448 Å². The smallest absolute Gasteiger partial charge is 0.364 e. The number of ether oxygens (including phenoxy) is 12. The van der Waals surface area contributed by atoms with E-state index in [1.54, 1.807) is 6.08 Å². The third kappa shape index (κ3) is 33.7. The first-order valence-corrected chi connectivity index (χ1v) is 46.4. The molecule has 6 aliphatic rings. The molecule has 0 radical (unpaired) electrons. The fourth-order valence-electron chi connectivity index (χ4n) is 17.5. The summed E-state index contributed by atoms with van der Waals surface area (Å²) >= 11 is 0. The van der Waals surface area contributed by atoms with Crippen LogP contribution in [0.5, 0.6) is 0 Å². The Morgan fingerprint density at radius 2 is 0.798 bits per heavy atom. The third-order valence-corrected chi connectivity index (χ3v) is 24.9. The molecule has 6 fully saturated rings. The number of aliphatic hydroxyl groups is 19. The van der Waals surface area contributed by atoms with Gasteiger partial charge in [-0.1, -0.05) is 193 Å². The first kappa shape index (κ1) is 113. The SMILES string of the molecule is CCCCCCCCCCCCCC=CC(O)C(COC1OC(CO)C(OC2OC(CO)C(OC3OC(CO)C(O)C(OC4OC(CO)C(O)C(OC5(C(=O)O)CC(O)C(NC(C)=O)C(C(O)C(O)CO)O5)C4O)C3CC(C)=O)C(OC3(C(=O)O)CC(O)C(NC(C)=O)C(C(O)C(O)CO)O3)C2O)C(O)C1O)NC(=O)CCCCCCCCCCCCCCCCCCC. The number of carbonyl (C=O) groups excluding carboxylic acids is 4. The molecule has 0 bridgehead atoms. The molecule has 129 heavy (non-hydrogen) atoms. The Morgan fingerprint density at radius 3 is 1.22 bits per heavy atom. The van der Waals surface area contributed by atoms with Crippen LogP contribution in [-0.4, -0.2) is 390 Å². The summed E-state index contributed by atoms with van der Waals surface area (Å²) in [6.07, 6.45) is -29.6. The van der Waals surface area contributed by atoms with Crippen molar-refractivity contribution in [3.05, 3.63) is 12.2 Å². The summed E-state index contributed by atoms with van der Waals surface area (Å²) in [4.78, 5) is 79.8. The highest BCUT2D eigenvalue weighted by Crippen LogP contribution is 2.44. The zero-order chi connectivity index (χ0) is 95.2. The van der Waals surface area contributed by atoms with Crippen molar-refractivity contribution in [2.75, 3.05) is 46.2 Å². The summed E-state index contributed by atoms with van der Waals surface area (Å²) in [6.45, 7) is -0.613. The van der Waals surface area contributed by atoms with Gasteiger partial charge in [-0.15, -0.1) is 0 Å². The minimum atomic E-state index is -3.48. The topological polar surface area (TPSA) is 674 Å². The van der Waals surface area contributed by atoms with Crippen molar-refractivity contribution in [3.8, 4) is 0 Å². The van der Waals surface area contributed by atoms with Gasteiger partial charge in [0.15, 0.2) is 25.2 Å². The monoisotopic (exact) mass is 1860 g/mol. The molecular weight excluding hydrogens is 1710 g/mol. The molecule has 6 rings (SSSR count). The molecule has 0 aromatic heterocycles. The van der Waals surface area contributed by atoms with Crippen molar-refractivity contribution < 1.29 is 193 Å². The quantitative estimate of drug-likeness (QED) is 0.0231. The molecule has 34 unspecified atom stereocenters. The van der Waals surface area contributed by atoms with Gasteiger partial charge in [0, 0.05) is 45.4 Å². The van der Waals surface area contributed by atoms with Crippen molar-refractivity contribution >= 4 is 35.4 Å². The lowest BCUT2D eigenvalue weighted by Crippen LogP contribution is -2.71. The van der Waals surface area contributed by atoms with Gasteiger partial charge in [0.25, 0.3) is 11.6 Å². The predicted molar refractivity (Wildman–Crippen MR) is 450 cm³/mol. The maximum absolute atomic E-state index is 14.1. The molecule has 0 aliphatic carbocycles. The van der Waals surface area contributed by atoms with Crippen LogP contribution in [0.3, 0.4) is 0 Å². The molecule has 0 aromatic rings. The van der Waals surface area contributed by atoms with Gasteiger partial charge in [0.2, 0.25) is 17.7 Å². The Hall–Kier alpha value is -4.48. The lowest BCUT2D eigenvalue weighted by atomic mass is 9.86. The van der Waals surface area contributed by atoms with E-state index >= 15 is 0 Å². The number of aliphatic carboxylic acids is 2. The van der Waals surface area contributed by atoms with Gasteiger partial charge < -0.3 is 185 Å². The Labute approximate surface area is 753 Å². The number of unbranched alkanes of at least 4 members (excludes halogenated alkanes) is 27. The number of nitrogens with one attached hydrogen (secondary N) is 3. The molecule has 34 atom stereocenters. The van der Waals surface area contributed by atoms with Gasteiger partial charge in [-0.2, -0.15) is 0 Å².